The molecule has 1 aliphatic rings. The van der Waals surface area contributed by atoms with Crippen LogP contribution in [0, 0.1) is 0 Å². The SMILES string of the molecule is CC.Nc1ccc(NSC2CC2)cc1. The summed E-state index contributed by atoms with van der Waals surface area (Å²) in [6.45, 7) is 4.00. The van der Waals surface area contributed by atoms with Crippen molar-refractivity contribution in [1.29, 1.82) is 0 Å². The van der Waals surface area contributed by atoms with Crippen molar-refractivity contribution in [3.63, 3.8) is 0 Å². The summed E-state index contributed by atoms with van der Waals surface area (Å²) in [4.78, 5) is 0. The minimum absolute atomic E-state index is 0.817. The van der Waals surface area contributed by atoms with Gasteiger partial charge in [0.1, 0.15) is 0 Å². The fraction of sp³-hybridized carbons (Fsp3) is 0.455. The first-order valence-corrected chi connectivity index (χ1v) is 6.00. The van der Waals surface area contributed by atoms with Gasteiger partial charge in [-0.2, -0.15) is 0 Å². The third-order valence-corrected chi connectivity index (χ3v) is 2.94. The van der Waals surface area contributed by atoms with Crippen molar-refractivity contribution in [1.82, 2.24) is 0 Å². The Labute approximate surface area is 90.4 Å². The Morgan fingerprint density at radius 1 is 1.21 bits per heavy atom. The molecular formula is C11H18N2S. The molecule has 1 aromatic rings. The maximum atomic E-state index is 5.56. The molecule has 1 aromatic carbocycles. The van der Waals surface area contributed by atoms with Gasteiger partial charge >= 0.3 is 0 Å². The molecule has 1 aliphatic carbocycles. The molecule has 0 aromatic heterocycles. The second-order valence-corrected chi connectivity index (χ2v) is 4.15. The molecule has 0 spiro atoms. The van der Waals surface area contributed by atoms with E-state index in [1.165, 1.54) is 12.8 Å². The lowest BCUT2D eigenvalue weighted by Crippen LogP contribution is -1.89. The van der Waals surface area contributed by atoms with E-state index in [1.807, 2.05) is 50.1 Å². The number of nitrogen functional groups attached to an aromatic ring is 1. The fourth-order valence-electron chi connectivity index (χ4n) is 0.888. The Morgan fingerprint density at radius 2 is 1.79 bits per heavy atom. The molecule has 0 unspecified atom stereocenters. The molecule has 1 fully saturated rings. The first-order chi connectivity index (χ1) is 6.84. The van der Waals surface area contributed by atoms with Gasteiger partial charge in [-0.3, -0.25) is 0 Å². The van der Waals surface area contributed by atoms with E-state index in [2.05, 4.69) is 4.72 Å². The van der Waals surface area contributed by atoms with Crippen molar-refractivity contribution in [2.24, 2.45) is 0 Å². The van der Waals surface area contributed by atoms with Crippen LogP contribution in [0.1, 0.15) is 26.7 Å². The molecular weight excluding hydrogens is 192 g/mol. The van der Waals surface area contributed by atoms with Gasteiger partial charge in [-0.05, 0) is 49.1 Å². The van der Waals surface area contributed by atoms with Crippen LogP contribution in [0.25, 0.3) is 0 Å². The summed E-state index contributed by atoms with van der Waals surface area (Å²) < 4.78 is 3.29. The van der Waals surface area contributed by atoms with E-state index >= 15 is 0 Å². The van der Waals surface area contributed by atoms with E-state index in [0.29, 0.717) is 0 Å². The van der Waals surface area contributed by atoms with E-state index in [0.717, 1.165) is 16.6 Å². The molecule has 3 N–H and O–H groups in total. The number of nitrogens with two attached hydrogens (primary N) is 1. The third kappa shape index (κ3) is 3.92. The Morgan fingerprint density at radius 3 is 2.29 bits per heavy atom. The molecule has 78 valence electrons. The normalized spacial score (nSPS) is 14.1. The number of nitrogens with one attached hydrogen (secondary N) is 1. The van der Waals surface area contributed by atoms with Crippen molar-refractivity contribution < 1.29 is 0 Å². The summed E-state index contributed by atoms with van der Waals surface area (Å²) in [6.07, 6.45) is 2.71. The maximum absolute atomic E-state index is 5.56. The largest absolute Gasteiger partial charge is 0.399 e. The number of anilines is 2. The summed E-state index contributed by atoms with van der Waals surface area (Å²) in [5.41, 5.74) is 7.52. The van der Waals surface area contributed by atoms with Crippen molar-refractivity contribution in [3.8, 4) is 0 Å². The Hall–Kier alpha value is -0.830. The quantitative estimate of drug-likeness (QED) is 0.592. The van der Waals surface area contributed by atoms with Crippen LogP contribution < -0.4 is 10.5 Å². The lowest BCUT2D eigenvalue weighted by molar-refractivity contribution is 1.50. The average molecular weight is 210 g/mol. The molecule has 1 saturated carbocycles. The third-order valence-electron chi connectivity index (χ3n) is 1.78. The predicted molar refractivity (Wildman–Crippen MR) is 66.4 cm³/mol. The van der Waals surface area contributed by atoms with Crippen LogP contribution in [0.5, 0.6) is 0 Å². The van der Waals surface area contributed by atoms with Crippen molar-refractivity contribution in [2.75, 3.05) is 10.5 Å². The Bertz CT molecular complexity index is 254. The molecule has 0 amide bonds. The molecule has 2 rings (SSSR count). The van der Waals surface area contributed by atoms with Gasteiger partial charge in [0, 0.05) is 16.6 Å². The molecule has 0 saturated heterocycles. The molecule has 0 atom stereocenters. The summed E-state index contributed by atoms with van der Waals surface area (Å²) >= 11 is 1.81. The second kappa shape index (κ2) is 5.81. The fourth-order valence-corrected chi connectivity index (χ4v) is 1.70. The van der Waals surface area contributed by atoms with Gasteiger partial charge < -0.3 is 10.5 Å². The maximum Gasteiger partial charge on any atom is 0.0441 e. The van der Waals surface area contributed by atoms with E-state index in [-0.39, 0.29) is 0 Å². The van der Waals surface area contributed by atoms with Crippen LogP contribution in [-0.4, -0.2) is 5.25 Å². The standard InChI is InChI=1S/C9H12N2S.C2H6/c10-7-1-3-8(4-2-7)11-12-9-5-6-9;1-2/h1-4,9,11H,5-6,10H2;1-2H3. The number of hydrogen-bond donors (Lipinski definition) is 2. The predicted octanol–water partition coefficient (Wildman–Crippen LogP) is 3.52. The minimum Gasteiger partial charge on any atom is -0.399 e. The van der Waals surface area contributed by atoms with Crippen LogP contribution in [0.2, 0.25) is 0 Å². The highest BCUT2D eigenvalue weighted by Crippen LogP contribution is 2.34. The Kier molecular flexibility index (Phi) is 4.66. The van der Waals surface area contributed by atoms with Crippen molar-refractivity contribution >= 4 is 23.3 Å². The van der Waals surface area contributed by atoms with Crippen LogP contribution in [-0.2, 0) is 0 Å². The molecule has 0 aliphatic heterocycles. The van der Waals surface area contributed by atoms with Gasteiger partial charge in [0.15, 0.2) is 0 Å². The highest BCUT2D eigenvalue weighted by molar-refractivity contribution is 8.01. The lowest BCUT2D eigenvalue weighted by atomic mass is 10.3. The monoisotopic (exact) mass is 210 g/mol. The first-order valence-electron chi connectivity index (χ1n) is 5.12. The first kappa shape index (κ1) is 11.2. The zero-order chi connectivity index (χ0) is 10.4. The van der Waals surface area contributed by atoms with Crippen molar-refractivity contribution in [2.45, 2.75) is 31.9 Å². The van der Waals surface area contributed by atoms with Crippen molar-refractivity contribution in [3.05, 3.63) is 24.3 Å². The molecule has 0 bridgehead atoms. The highest BCUT2D eigenvalue weighted by Gasteiger charge is 2.21. The zero-order valence-electron chi connectivity index (χ0n) is 8.79. The van der Waals surface area contributed by atoms with Crippen LogP contribution in [0.3, 0.4) is 0 Å². The minimum atomic E-state index is 0.817. The van der Waals surface area contributed by atoms with Gasteiger partial charge in [0.25, 0.3) is 0 Å². The van der Waals surface area contributed by atoms with Gasteiger partial charge in [0.05, 0.1) is 0 Å². The van der Waals surface area contributed by atoms with E-state index < -0.39 is 0 Å². The molecule has 3 heteroatoms. The second-order valence-electron chi connectivity index (χ2n) is 3.04. The molecule has 0 radical (unpaired) electrons. The van der Waals surface area contributed by atoms with E-state index in [4.69, 9.17) is 5.73 Å². The lowest BCUT2D eigenvalue weighted by Gasteiger charge is -2.03. The molecule has 2 nitrogen and oxygen atoms in total. The number of benzene rings is 1. The molecule has 0 heterocycles. The average Bonchev–Trinajstić information content (AvgIpc) is 3.04. The topological polar surface area (TPSA) is 38.0 Å². The van der Waals surface area contributed by atoms with Crippen LogP contribution in [0.15, 0.2) is 24.3 Å². The number of rotatable bonds is 3. The number of hydrogen-bond acceptors (Lipinski definition) is 3. The van der Waals surface area contributed by atoms with Gasteiger partial charge in [-0.25, -0.2) is 0 Å². The zero-order valence-corrected chi connectivity index (χ0v) is 9.60. The van der Waals surface area contributed by atoms with Gasteiger partial charge in [-0.15, -0.1) is 0 Å². The summed E-state index contributed by atoms with van der Waals surface area (Å²) in [5.74, 6) is 0. The highest BCUT2D eigenvalue weighted by atomic mass is 32.2. The van der Waals surface area contributed by atoms with Crippen LogP contribution >= 0.6 is 11.9 Å². The molecule has 14 heavy (non-hydrogen) atoms. The summed E-state index contributed by atoms with van der Waals surface area (Å²) in [5, 5.41) is 0.836. The Balaban J connectivity index is 0.000000461. The summed E-state index contributed by atoms with van der Waals surface area (Å²) in [6, 6.07) is 7.83. The smallest absolute Gasteiger partial charge is 0.0441 e. The van der Waals surface area contributed by atoms with Crippen LogP contribution in [0.4, 0.5) is 11.4 Å². The van der Waals surface area contributed by atoms with Gasteiger partial charge in [-0.1, -0.05) is 13.8 Å². The summed E-state index contributed by atoms with van der Waals surface area (Å²) in [7, 11) is 0. The van der Waals surface area contributed by atoms with Gasteiger partial charge in [0.2, 0.25) is 0 Å². The van der Waals surface area contributed by atoms with E-state index in [9.17, 15) is 0 Å². The van der Waals surface area contributed by atoms with E-state index in [1.54, 1.807) is 0 Å².